The van der Waals surface area contributed by atoms with Crippen LogP contribution in [-0.2, 0) is 11.2 Å². The van der Waals surface area contributed by atoms with Crippen molar-refractivity contribution in [2.75, 3.05) is 10.6 Å². The van der Waals surface area contributed by atoms with Crippen molar-refractivity contribution in [3.05, 3.63) is 27.2 Å². The monoisotopic (exact) mass is 367 g/mol. The highest BCUT2D eigenvalue weighted by Gasteiger charge is 2.12. The molecule has 0 saturated carbocycles. The van der Waals surface area contributed by atoms with Gasteiger partial charge >= 0.3 is 0 Å². The lowest BCUT2D eigenvalue weighted by Crippen LogP contribution is -2.22. The Labute approximate surface area is 151 Å². The Morgan fingerprint density at radius 3 is 2.62 bits per heavy atom. The second kappa shape index (κ2) is 8.94. The number of thiophene rings is 1. The summed E-state index contributed by atoms with van der Waals surface area (Å²) in [5, 5.41) is 6.01. The summed E-state index contributed by atoms with van der Waals surface area (Å²) < 4.78 is 0.815. The van der Waals surface area contributed by atoms with E-state index in [1.54, 1.807) is 25.2 Å². The van der Waals surface area contributed by atoms with Crippen molar-refractivity contribution < 1.29 is 4.79 Å². The molecule has 2 aromatic rings. The minimum atomic E-state index is -0.117. The van der Waals surface area contributed by atoms with Crippen LogP contribution < -0.4 is 10.6 Å². The van der Waals surface area contributed by atoms with Crippen LogP contribution in [0.25, 0.3) is 0 Å². The molecule has 6 nitrogen and oxygen atoms in total. The summed E-state index contributed by atoms with van der Waals surface area (Å²) in [5.41, 5.74) is 0. The van der Waals surface area contributed by atoms with Gasteiger partial charge in [0, 0.05) is 17.3 Å². The van der Waals surface area contributed by atoms with E-state index in [4.69, 9.17) is 11.6 Å². The van der Waals surface area contributed by atoms with Crippen LogP contribution in [-0.4, -0.2) is 26.9 Å². The Kier molecular flexibility index (Phi) is 6.93. The van der Waals surface area contributed by atoms with Crippen molar-refractivity contribution in [3.63, 3.8) is 0 Å². The zero-order chi connectivity index (χ0) is 17.5. The van der Waals surface area contributed by atoms with Crippen molar-refractivity contribution in [1.29, 1.82) is 0 Å². The number of anilines is 2. The molecule has 130 valence electrons. The van der Waals surface area contributed by atoms with E-state index in [9.17, 15) is 4.79 Å². The van der Waals surface area contributed by atoms with Crippen LogP contribution in [0.5, 0.6) is 0 Å². The lowest BCUT2D eigenvalue weighted by molar-refractivity contribution is -0.115. The van der Waals surface area contributed by atoms with E-state index in [0.29, 0.717) is 18.2 Å². The fourth-order valence-corrected chi connectivity index (χ4v) is 3.28. The van der Waals surface area contributed by atoms with Crippen LogP contribution in [0.4, 0.5) is 11.9 Å². The summed E-state index contributed by atoms with van der Waals surface area (Å²) in [7, 11) is 0. The number of halogens is 1. The molecule has 0 aliphatic heterocycles. The molecule has 0 spiro atoms. The highest BCUT2D eigenvalue weighted by molar-refractivity contribution is 7.16. The fraction of sp³-hybridized carbons (Fsp3) is 0.500. The lowest BCUT2D eigenvalue weighted by Gasteiger charge is -2.17. The standard InChI is InChI=1S/C16H22ClN5OS/c1-4-11(6-7-12-8-9-13(17)24-12)20-15-18-10(3)19-16(22-15)21-14(23)5-2/h8-9,11H,4-7H2,1-3H3,(H2,18,19,20,21,22,23). The van der Waals surface area contributed by atoms with E-state index in [1.807, 2.05) is 6.07 Å². The number of hydrogen-bond acceptors (Lipinski definition) is 6. The minimum Gasteiger partial charge on any atom is -0.351 e. The molecule has 24 heavy (non-hydrogen) atoms. The van der Waals surface area contributed by atoms with Crippen LogP contribution in [0.1, 0.15) is 43.8 Å². The normalized spacial score (nSPS) is 12.0. The van der Waals surface area contributed by atoms with Gasteiger partial charge in [-0.25, -0.2) is 0 Å². The Morgan fingerprint density at radius 2 is 2.00 bits per heavy atom. The lowest BCUT2D eigenvalue weighted by atomic mass is 10.1. The van der Waals surface area contributed by atoms with Crippen molar-refractivity contribution in [1.82, 2.24) is 15.0 Å². The fourth-order valence-electron chi connectivity index (χ4n) is 2.18. The highest BCUT2D eigenvalue weighted by atomic mass is 35.5. The molecule has 8 heteroatoms. The largest absolute Gasteiger partial charge is 0.351 e. The van der Waals surface area contributed by atoms with E-state index >= 15 is 0 Å². The number of carbonyl (C=O) groups excluding carboxylic acids is 1. The molecule has 0 bridgehead atoms. The van der Waals surface area contributed by atoms with Crippen LogP contribution in [0.2, 0.25) is 4.34 Å². The minimum absolute atomic E-state index is 0.117. The van der Waals surface area contributed by atoms with Crippen LogP contribution in [0.3, 0.4) is 0 Å². The third-order valence-electron chi connectivity index (χ3n) is 3.51. The van der Waals surface area contributed by atoms with Crippen molar-refractivity contribution in [2.45, 2.75) is 52.5 Å². The molecule has 2 rings (SSSR count). The van der Waals surface area contributed by atoms with Gasteiger partial charge in [0.1, 0.15) is 5.82 Å². The van der Waals surface area contributed by atoms with Gasteiger partial charge in [-0.2, -0.15) is 15.0 Å². The van der Waals surface area contributed by atoms with Crippen molar-refractivity contribution >= 4 is 40.7 Å². The zero-order valence-corrected chi connectivity index (χ0v) is 15.7. The number of nitrogens with zero attached hydrogens (tertiary/aromatic N) is 3. The highest BCUT2D eigenvalue weighted by Crippen LogP contribution is 2.23. The van der Waals surface area contributed by atoms with Crippen molar-refractivity contribution in [3.8, 4) is 0 Å². The quantitative estimate of drug-likeness (QED) is 0.735. The number of carbonyl (C=O) groups is 1. The third kappa shape index (κ3) is 5.72. The molecular formula is C16H22ClN5OS. The second-order valence-corrected chi connectivity index (χ2v) is 7.23. The number of amides is 1. The number of hydrogen-bond donors (Lipinski definition) is 2. The molecule has 1 unspecified atom stereocenters. The van der Waals surface area contributed by atoms with Gasteiger partial charge < -0.3 is 5.32 Å². The Morgan fingerprint density at radius 1 is 1.25 bits per heavy atom. The van der Waals surface area contributed by atoms with Crippen LogP contribution in [0, 0.1) is 6.92 Å². The third-order valence-corrected chi connectivity index (χ3v) is 4.80. The molecule has 0 saturated heterocycles. The Hall–Kier alpha value is -1.73. The van der Waals surface area contributed by atoms with Gasteiger partial charge in [0.25, 0.3) is 0 Å². The first kappa shape index (κ1) is 18.6. The topological polar surface area (TPSA) is 79.8 Å². The molecule has 0 fully saturated rings. The van der Waals surface area contributed by atoms with Crippen molar-refractivity contribution in [2.24, 2.45) is 0 Å². The van der Waals surface area contributed by atoms with E-state index < -0.39 is 0 Å². The van der Waals surface area contributed by atoms with E-state index in [1.165, 1.54) is 4.88 Å². The molecule has 0 aliphatic rings. The average molecular weight is 368 g/mol. The number of aromatic nitrogens is 3. The van der Waals surface area contributed by atoms with E-state index in [2.05, 4.69) is 38.6 Å². The Balaban J connectivity index is 1.99. The maximum absolute atomic E-state index is 11.5. The van der Waals surface area contributed by atoms with Crippen LogP contribution in [0.15, 0.2) is 12.1 Å². The summed E-state index contributed by atoms with van der Waals surface area (Å²) in [6, 6.07) is 4.22. The van der Waals surface area contributed by atoms with E-state index in [0.717, 1.165) is 23.6 Å². The van der Waals surface area contributed by atoms with Gasteiger partial charge in [-0.05, 0) is 38.3 Å². The van der Waals surface area contributed by atoms with E-state index in [-0.39, 0.29) is 17.9 Å². The summed E-state index contributed by atoms with van der Waals surface area (Å²) in [5.74, 6) is 1.23. The molecule has 1 atom stereocenters. The molecule has 2 heterocycles. The molecule has 2 aromatic heterocycles. The average Bonchev–Trinajstić information content (AvgIpc) is 2.96. The summed E-state index contributed by atoms with van der Waals surface area (Å²) >= 11 is 7.58. The first-order valence-corrected chi connectivity index (χ1v) is 9.22. The van der Waals surface area contributed by atoms with Gasteiger partial charge in [0.2, 0.25) is 17.8 Å². The predicted molar refractivity (Wildman–Crippen MR) is 98.8 cm³/mol. The molecule has 0 aromatic carbocycles. The van der Waals surface area contributed by atoms with Gasteiger partial charge in [-0.15, -0.1) is 11.3 Å². The Bertz CT molecular complexity index is 691. The van der Waals surface area contributed by atoms with Gasteiger partial charge in [0.05, 0.1) is 4.34 Å². The summed E-state index contributed by atoms with van der Waals surface area (Å²) in [4.78, 5) is 25.5. The van der Waals surface area contributed by atoms with Gasteiger partial charge in [-0.3, -0.25) is 10.1 Å². The smallest absolute Gasteiger partial charge is 0.234 e. The predicted octanol–water partition coefficient (Wildman–Crippen LogP) is 4.07. The first-order chi connectivity index (χ1) is 11.5. The first-order valence-electron chi connectivity index (χ1n) is 8.03. The SMILES string of the molecule is CCC(=O)Nc1nc(C)nc(NC(CC)CCc2ccc(Cl)s2)n1. The molecular weight excluding hydrogens is 346 g/mol. The maximum Gasteiger partial charge on any atom is 0.234 e. The zero-order valence-electron chi connectivity index (χ0n) is 14.1. The molecule has 0 radical (unpaired) electrons. The molecule has 0 aliphatic carbocycles. The molecule has 1 amide bonds. The number of nitrogens with one attached hydrogen (secondary N) is 2. The summed E-state index contributed by atoms with van der Waals surface area (Å²) in [6.07, 6.45) is 3.23. The van der Waals surface area contributed by atoms with Gasteiger partial charge in [-0.1, -0.05) is 25.4 Å². The summed E-state index contributed by atoms with van der Waals surface area (Å²) in [6.45, 7) is 5.68. The molecule has 2 N–H and O–H groups in total. The maximum atomic E-state index is 11.5. The van der Waals surface area contributed by atoms with Crippen LogP contribution >= 0.6 is 22.9 Å². The number of rotatable bonds is 8. The number of aryl methyl sites for hydroxylation is 2. The van der Waals surface area contributed by atoms with Gasteiger partial charge in [0.15, 0.2) is 0 Å². The second-order valence-electron chi connectivity index (χ2n) is 5.43.